The Bertz CT molecular complexity index is 1090. The lowest BCUT2D eigenvalue weighted by Crippen LogP contribution is -2.47. The summed E-state index contributed by atoms with van der Waals surface area (Å²) >= 11 is 0. The van der Waals surface area contributed by atoms with Crippen molar-refractivity contribution in [3.63, 3.8) is 0 Å². The van der Waals surface area contributed by atoms with Crippen molar-refractivity contribution in [1.29, 1.82) is 0 Å². The maximum absolute atomic E-state index is 15.3. The first-order chi connectivity index (χ1) is 17.3. The molecule has 36 heavy (non-hydrogen) atoms. The molecule has 11 heteroatoms. The number of fused-ring (bicyclic) bond motifs is 1. The number of amides is 2. The summed E-state index contributed by atoms with van der Waals surface area (Å²) in [5, 5.41) is 7.92. The fourth-order valence-corrected chi connectivity index (χ4v) is 5.60. The summed E-state index contributed by atoms with van der Waals surface area (Å²) in [6, 6.07) is 3.72. The monoisotopic (exact) mass is 504 g/mol. The molecule has 2 aromatic rings. The number of likely N-dealkylation sites (tertiary alicyclic amines) is 1. The number of aldehydes is 1. The van der Waals surface area contributed by atoms with E-state index in [1.165, 1.54) is 0 Å². The molecular formula is C25H34F2N6O3. The third-order valence-corrected chi connectivity index (χ3v) is 7.75. The van der Waals surface area contributed by atoms with Gasteiger partial charge in [0.1, 0.15) is 12.1 Å². The van der Waals surface area contributed by atoms with Crippen LogP contribution in [0.25, 0.3) is 11.0 Å². The lowest BCUT2D eigenvalue weighted by molar-refractivity contribution is -0.137. The third-order valence-electron chi connectivity index (χ3n) is 7.75. The van der Waals surface area contributed by atoms with Crippen LogP contribution in [0.15, 0.2) is 12.1 Å². The second-order valence-corrected chi connectivity index (χ2v) is 9.81. The molecule has 0 aliphatic carbocycles. The van der Waals surface area contributed by atoms with E-state index in [4.69, 9.17) is 4.98 Å². The summed E-state index contributed by atoms with van der Waals surface area (Å²) in [6.45, 7) is 1.76. The molecule has 1 N–H and O–H groups in total. The molecule has 0 saturated carbocycles. The highest BCUT2D eigenvalue weighted by atomic mass is 19.3. The number of halogens is 2. The third kappa shape index (κ3) is 5.05. The average molecular weight is 505 g/mol. The number of nitrogens with one attached hydrogen (secondary N) is 1. The Morgan fingerprint density at radius 1 is 1.14 bits per heavy atom. The van der Waals surface area contributed by atoms with Crippen LogP contribution in [0, 0.1) is 11.8 Å². The zero-order valence-electron chi connectivity index (χ0n) is 20.8. The van der Waals surface area contributed by atoms with Crippen molar-refractivity contribution in [2.75, 3.05) is 38.1 Å². The van der Waals surface area contributed by atoms with Gasteiger partial charge in [0.05, 0.1) is 11.6 Å². The van der Waals surface area contributed by atoms with Gasteiger partial charge in [-0.25, -0.2) is 13.8 Å². The average Bonchev–Trinajstić information content (AvgIpc) is 3.24. The lowest BCUT2D eigenvalue weighted by Gasteiger charge is -2.41. The van der Waals surface area contributed by atoms with Gasteiger partial charge in [0.2, 0.25) is 12.3 Å². The Kier molecular flexibility index (Phi) is 7.85. The Hall–Kier alpha value is -3.11. The van der Waals surface area contributed by atoms with Gasteiger partial charge in [-0.15, -0.1) is 0 Å². The molecule has 2 aliphatic rings. The maximum atomic E-state index is 15.3. The van der Waals surface area contributed by atoms with Crippen molar-refractivity contribution in [3.05, 3.63) is 17.8 Å². The van der Waals surface area contributed by atoms with Crippen molar-refractivity contribution in [2.24, 2.45) is 18.9 Å². The quantitative estimate of drug-likeness (QED) is 0.527. The first kappa shape index (κ1) is 26.0. The minimum Gasteiger partial charge on any atom is -0.359 e. The second-order valence-electron chi connectivity index (χ2n) is 9.81. The van der Waals surface area contributed by atoms with Crippen molar-refractivity contribution < 1.29 is 23.2 Å². The molecule has 0 radical (unpaired) electrons. The molecule has 0 spiro atoms. The molecule has 196 valence electrons. The van der Waals surface area contributed by atoms with Gasteiger partial charge in [0.25, 0.3) is 5.92 Å². The summed E-state index contributed by atoms with van der Waals surface area (Å²) in [5.74, 6) is -4.18. The number of hydrogen-bond donors (Lipinski definition) is 1. The minimum absolute atomic E-state index is 0.208. The number of alkyl halides is 2. The Balaban J connectivity index is 1.46. The summed E-state index contributed by atoms with van der Waals surface area (Å²) in [4.78, 5) is 42.6. The number of carbonyl (C=O) groups is 3. The van der Waals surface area contributed by atoms with Gasteiger partial charge >= 0.3 is 0 Å². The van der Waals surface area contributed by atoms with Crippen molar-refractivity contribution in [2.45, 2.75) is 50.4 Å². The number of rotatable bonds is 9. The van der Waals surface area contributed by atoms with E-state index in [0.29, 0.717) is 75.4 Å². The van der Waals surface area contributed by atoms with E-state index >= 15 is 8.78 Å². The molecule has 2 fully saturated rings. The summed E-state index contributed by atoms with van der Waals surface area (Å²) in [7, 11) is 3.31. The summed E-state index contributed by atoms with van der Waals surface area (Å²) in [5.41, 5.74) is 1.18. The van der Waals surface area contributed by atoms with Crippen LogP contribution >= 0.6 is 0 Å². The van der Waals surface area contributed by atoms with E-state index in [0.717, 1.165) is 18.1 Å². The van der Waals surface area contributed by atoms with E-state index in [2.05, 4.69) is 10.4 Å². The molecule has 2 aliphatic heterocycles. The topological polar surface area (TPSA) is 100 Å². The highest BCUT2D eigenvalue weighted by molar-refractivity contribution is 5.90. The number of carbonyl (C=O) groups excluding carboxylic acids is 3. The number of nitrogens with zero attached hydrogens (tertiary/aromatic N) is 5. The molecule has 0 aromatic carbocycles. The van der Waals surface area contributed by atoms with E-state index < -0.39 is 23.7 Å². The zero-order chi connectivity index (χ0) is 25.9. The second kappa shape index (κ2) is 10.9. The number of aromatic nitrogens is 3. The van der Waals surface area contributed by atoms with E-state index in [9.17, 15) is 14.4 Å². The van der Waals surface area contributed by atoms with Gasteiger partial charge < -0.3 is 19.9 Å². The van der Waals surface area contributed by atoms with Crippen molar-refractivity contribution in [3.8, 4) is 0 Å². The standard InChI is InChI=1S/C25H34F2N6O3/c1-28-24(36)20(4-3-15-34)22-19-5-6-21(29-23(19)31(2)30-22)33-13-9-18(10-14-33)25(26,27)17-7-11-32(16-35)12-8-17/h5-6,15-18,20H,3-4,7-14H2,1-2H3,(H,28,36). The van der Waals surface area contributed by atoms with Gasteiger partial charge in [-0.2, -0.15) is 5.10 Å². The number of piperidine rings is 2. The van der Waals surface area contributed by atoms with Crippen molar-refractivity contribution in [1.82, 2.24) is 25.0 Å². The van der Waals surface area contributed by atoms with Crippen LogP contribution in [0.5, 0.6) is 0 Å². The van der Waals surface area contributed by atoms with Gasteiger partial charge in [-0.3, -0.25) is 14.3 Å². The molecular weight excluding hydrogens is 470 g/mol. The van der Waals surface area contributed by atoms with Crippen LogP contribution in [0.2, 0.25) is 0 Å². The molecule has 1 unspecified atom stereocenters. The number of hydrogen-bond acceptors (Lipinski definition) is 6. The predicted octanol–water partition coefficient (Wildman–Crippen LogP) is 2.50. The highest BCUT2D eigenvalue weighted by Gasteiger charge is 2.48. The SMILES string of the molecule is CNC(=O)C(CCC=O)c1nn(C)c2nc(N3CCC(C(F)(F)C4CCN(C=O)CC4)CC3)ccc12. The summed E-state index contributed by atoms with van der Waals surface area (Å²) < 4.78 is 32.2. The van der Waals surface area contributed by atoms with Crippen LogP contribution in [-0.2, 0) is 21.4 Å². The molecule has 4 heterocycles. The highest BCUT2D eigenvalue weighted by Crippen LogP contribution is 2.43. The van der Waals surface area contributed by atoms with Crippen LogP contribution in [0.4, 0.5) is 14.6 Å². The van der Waals surface area contributed by atoms with Gasteiger partial charge in [0, 0.05) is 63.9 Å². The predicted molar refractivity (Wildman–Crippen MR) is 131 cm³/mol. The van der Waals surface area contributed by atoms with E-state index in [1.54, 1.807) is 23.7 Å². The normalized spacial score (nSPS) is 18.9. The lowest BCUT2D eigenvalue weighted by atomic mass is 9.79. The molecule has 4 rings (SSSR count). The molecule has 9 nitrogen and oxygen atoms in total. The zero-order valence-corrected chi connectivity index (χ0v) is 20.8. The summed E-state index contributed by atoms with van der Waals surface area (Å²) in [6.07, 6.45) is 3.58. The Morgan fingerprint density at radius 3 is 2.36 bits per heavy atom. The van der Waals surface area contributed by atoms with Gasteiger partial charge in [-0.1, -0.05) is 0 Å². The van der Waals surface area contributed by atoms with E-state index in [1.807, 2.05) is 17.0 Å². The number of aryl methyl sites for hydroxylation is 1. The largest absolute Gasteiger partial charge is 0.359 e. The maximum Gasteiger partial charge on any atom is 0.253 e. The molecule has 0 bridgehead atoms. The molecule has 2 saturated heterocycles. The van der Waals surface area contributed by atoms with Crippen LogP contribution < -0.4 is 10.2 Å². The Morgan fingerprint density at radius 2 is 1.78 bits per heavy atom. The first-order valence-electron chi connectivity index (χ1n) is 12.6. The minimum atomic E-state index is -2.74. The van der Waals surface area contributed by atoms with Crippen LogP contribution in [0.1, 0.15) is 50.1 Å². The van der Waals surface area contributed by atoms with Crippen LogP contribution in [0.3, 0.4) is 0 Å². The number of likely N-dealkylation sites (N-methyl/N-ethyl adjacent to an activating group) is 1. The van der Waals surface area contributed by atoms with Crippen molar-refractivity contribution >= 4 is 35.5 Å². The van der Waals surface area contributed by atoms with Crippen LogP contribution in [-0.4, -0.2) is 77.4 Å². The van der Waals surface area contributed by atoms with E-state index in [-0.39, 0.29) is 12.3 Å². The Labute approximate surface area is 209 Å². The van der Waals surface area contributed by atoms with Gasteiger partial charge in [0.15, 0.2) is 5.65 Å². The first-order valence-corrected chi connectivity index (χ1v) is 12.6. The van der Waals surface area contributed by atoms with Gasteiger partial charge in [-0.05, 0) is 44.2 Å². The molecule has 2 aromatic heterocycles. The fourth-order valence-electron chi connectivity index (χ4n) is 5.60. The smallest absolute Gasteiger partial charge is 0.253 e. The number of pyridine rings is 1. The molecule has 2 amide bonds. The fraction of sp³-hybridized carbons (Fsp3) is 0.640. The number of anilines is 1. The molecule has 1 atom stereocenters.